The fourth-order valence-corrected chi connectivity index (χ4v) is 2.73. The molecule has 2 rings (SSSR count). The zero-order chi connectivity index (χ0) is 9.31. The lowest BCUT2D eigenvalue weighted by atomic mass is 9.84. The fourth-order valence-electron chi connectivity index (χ4n) is 2.73. The summed E-state index contributed by atoms with van der Waals surface area (Å²) in [7, 11) is 1.46. The Labute approximate surface area is 78.8 Å². The number of methoxy groups -OCH3 is 1. The van der Waals surface area contributed by atoms with Crippen LogP contribution in [-0.2, 0) is 9.53 Å². The minimum atomic E-state index is -0.0937. The number of ether oxygens (including phenoxy) is 1. The second-order valence-electron chi connectivity index (χ2n) is 4.37. The van der Waals surface area contributed by atoms with Gasteiger partial charge in [-0.05, 0) is 24.7 Å². The smallest absolute Gasteiger partial charge is 0.322 e. The van der Waals surface area contributed by atoms with Crippen molar-refractivity contribution in [2.24, 2.45) is 5.41 Å². The Morgan fingerprint density at radius 2 is 2.15 bits per heavy atom. The van der Waals surface area contributed by atoms with Crippen LogP contribution in [0.25, 0.3) is 0 Å². The lowest BCUT2D eigenvalue weighted by molar-refractivity contribution is -0.142. The van der Waals surface area contributed by atoms with Gasteiger partial charge in [0.1, 0.15) is 6.04 Å². The standard InChI is InChI=1S/C10H17NO2/c1-13-9(12)8-6-10(7-11-8)4-2-3-5-10/h8,11H,2-7H2,1H3. The lowest BCUT2D eigenvalue weighted by Crippen LogP contribution is -2.31. The van der Waals surface area contributed by atoms with Gasteiger partial charge < -0.3 is 10.1 Å². The van der Waals surface area contributed by atoms with E-state index in [1.807, 2.05) is 0 Å². The van der Waals surface area contributed by atoms with Crippen LogP contribution in [0.3, 0.4) is 0 Å². The van der Waals surface area contributed by atoms with Crippen LogP contribution in [0.5, 0.6) is 0 Å². The molecule has 0 radical (unpaired) electrons. The maximum absolute atomic E-state index is 11.3. The van der Waals surface area contributed by atoms with E-state index in [4.69, 9.17) is 4.74 Å². The van der Waals surface area contributed by atoms with Gasteiger partial charge in [-0.2, -0.15) is 0 Å². The van der Waals surface area contributed by atoms with Gasteiger partial charge in [0.25, 0.3) is 0 Å². The maximum atomic E-state index is 11.3. The molecule has 1 spiro atoms. The molecule has 0 aromatic carbocycles. The van der Waals surface area contributed by atoms with Crippen LogP contribution in [0, 0.1) is 5.41 Å². The lowest BCUT2D eigenvalue weighted by Gasteiger charge is -2.20. The number of nitrogens with one attached hydrogen (secondary N) is 1. The van der Waals surface area contributed by atoms with E-state index in [1.54, 1.807) is 0 Å². The zero-order valence-corrected chi connectivity index (χ0v) is 8.14. The topological polar surface area (TPSA) is 38.3 Å². The van der Waals surface area contributed by atoms with E-state index < -0.39 is 0 Å². The van der Waals surface area contributed by atoms with E-state index in [0.29, 0.717) is 5.41 Å². The van der Waals surface area contributed by atoms with Crippen molar-refractivity contribution >= 4 is 5.97 Å². The van der Waals surface area contributed by atoms with Gasteiger partial charge in [0.15, 0.2) is 0 Å². The van der Waals surface area contributed by atoms with Crippen LogP contribution in [-0.4, -0.2) is 25.7 Å². The molecular weight excluding hydrogens is 166 g/mol. The first-order valence-corrected chi connectivity index (χ1v) is 5.07. The van der Waals surface area contributed by atoms with Gasteiger partial charge in [0.05, 0.1) is 7.11 Å². The fraction of sp³-hybridized carbons (Fsp3) is 0.900. The highest BCUT2D eigenvalue weighted by Gasteiger charge is 2.43. The van der Waals surface area contributed by atoms with Crippen LogP contribution >= 0.6 is 0 Å². The number of esters is 1. The molecule has 1 N–H and O–H groups in total. The Morgan fingerprint density at radius 3 is 2.77 bits per heavy atom. The largest absolute Gasteiger partial charge is 0.468 e. The van der Waals surface area contributed by atoms with Gasteiger partial charge in [-0.3, -0.25) is 4.79 Å². The van der Waals surface area contributed by atoms with Crippen molar-refractivity contribution in [2.75, 3.05) is 13.7 Å². The first kappa shape index (κ1) is 9.00. The van der Waals surface area contributed by atoms with Gasteiger partial charge in [-0.25, -0.2) is 0 Å². The average molecular weight is 183 g/mol. The van der Waals surface area contributed by atoms with Crippen molar-refractivity contribution in [1.29, 1.82) is 0 Å². The van der Waals surface area contributed by atoms with E-state index in [-0.39, 0.29) is 12.0 Å². The number of hydrogen-bond donors (Lipinski definition) is 1. The van der Waals surface area contributed by atoms with Crippen molar-refractivity contribution in [3.63, 3.8) is 0 Å². The maximum Gasteiger partial charge on any atom is 0.322 e. The summed E-state index contributed by atoms with van der Waals surface area (Å²) in [5.74, 6) is -0.0937. The number of carbonyl (C=O) groups excluding carboxylic acids is 1. The molecule has 1 atom stereocenters. The normalized spacial score (nSPS) is 31.0. The minimum Gasteiger partial charge on any atom is -0.468 e. The molecule has 0 aromatic heterocycles. The quantitative estimate of drug-likeness (QED) is 0.618. The third-order valence-electron chi connectivity index (χ3n) is 3.51. The molecule has 1 aliphatic heterocycles. The minimum absolute atomic E-state index is 0.0388. The molecule has 1 aliphatic carbocycles. The molecule has 74 valence electrons. The van der Waals surface area contributed by atoms with E-state index in [2.05, 4.69) is 5.32 Å². The van der Waals surface area contributed by atoms with Gasteiger partial charge >= 0.3 is 5.97 Å². The second kappa shape index (κ2) is 3.29. The van der Waals surface area contributed by atoms with E-state index in [0.717, 1.165) is 13.0 Å². The summed E-state index contributed by atoms with van der Waals surface area (Å²) >= 11 is 0. The molecule has 1 saturated carbocycles. The molecule has 3 heteroatoms. The third-order valence-corrected chi connectivity index (χ3v) is 3.51. The van der Waals surface area contributed by atoms with Crippen LogP contribution < -0.4 is 5.32 Å². The first-order chi connectivity index (χ1) is 6.26. The van der Waals surface area contributed by atoms with Gasteiger partial charge in [-0.15, -0.1) is 0 Å². The molecule has 1 saturated heterocycles. The molecular formula is C10H17NO2. The zero-order valence-electron chi connectivity index (χ0n) is 8.14. The highest BCUT2D eigenvalue weighted by Crippen LogP contribution is 2.44. The summed E-state index contributed by atoms with van der Waals surface area (Å²) in [4.78, 5) is 11.3. The summed E-state index contributed by atoms with van der Waals surface area (Å²) in [6.07, 6.45) is 6.21. The summed E-state index contributed by atoms with van der Waals surface area (Å²) in [6, 6.07) is -0.0388. The Bertz CT molecular complexity index is 209. The van der Waals surface area contributed by atoms with Crippen LogP contribution in [0.4, 0.5) is 0 Å². The summed E-state index contributed by atoms with van der Waals surface area (Å²) in [6.45, 7) is 1.01. The highest BCUT2D eigenvalue weighted by molar-refractivity contribution is 5.76. The molecule has 0 aromatic rings. The van der Waals surface area contributed by atoms with Crippen LogP contribution in [0.1, 0.15) is 32.1 Å². The number of carbonyl (C=O) groups is 1. The molecule has 0 bridgehead atoms. The number of rotatable bonds is 1. The number of hydrogen-bond acceptors (Lipinski definition) is 3. The van der Waals surface area contributed by atoms with Crippen molar-refractivity contribution in [1.82, 2.24) is 5.32 Å². The SMILES string of the molecule is COC(=O)C1CC2(CCCC2)CN1. The van der Waals surface area contributed by atoms with Crippen molar-refractivity contribution in [2.45, 2.75) is 38.1 Å². The Morgan fingerprint density at radius 1 is 1.46 bits per heavy atom. The Kier molecular flexibility index (Phi) is 2.28. The predicted octanol–water partition coefficient (Wildman–Crippen LogP) is 1.08. The molecule has 2 aliphatic rings. The summed E-state index contributed by atoms with van der Waals surface area (Å²) < 4.78 is 4.74. The van der Waals surface area contributed by atoms with Gasteiger partial charge in [0, 0.05) is 6.54 Å². The Balaban J connectivity index is 1.96. The molecule has 0 amide bonds. The Hall–Kier alpha value is -0.570. The van der Waals surface area contributed by atoms with E-state index in [1.165, 1.54) is 32.8 Å². The molecule has 2 fully saturated rings. The first-order valence-electron chi connectivity index (χ1n) is 5.07. The van der Waals surface area contributed by atoms with Gasteiger partial charge in [0.2, 0.25) is 0 Å². The highest BCUT2D eigenvalue weighted by atomic mass is 16.5. The molecule has 1 unspecified atom stereocenters. The molecule has 3 nitrogen and oxygen atoms in total. The van der Waals surface area contributed by atoms with Crippen molar-refractivity contribution in [3.05, 3.63) is 0 Å². The monoisotopic (exact) mass is 183 g/mol. The summed E-state index contributed by atoms with van der Waals surface area (Å²) in [5.41, 5.74) is 0.429. The predicted molar refractivity (Wildman–Crippen MR) is 49.3 cm³/mol. The van der Waals surface area contributed by atoms with Crippen molar-refractivity contribution in [3.8, 4) is 0 Å². The van der Waals surface area contributed by atoms with E-state index >= 15 is 0 Å². The van der Waals surface area contributed by atoms with Crippen molar-refractivity contribution < 1.29 is 9.53 Å². The molecule has 13 heavy (non-hydrogen) atoms. The average Bonchev–Trinajstić information content (AvgIpc) is 2.76. The molecule has 1 heterocycles. The van der Waals surface area contributed by atoms with Gasteiger partial charge in [-0.1, -0.05) is 12.8 Å². The van der Waals surface area contributed by atoms with Crippen LogP contribution in [0.15, 0.2) is 0 Å². The second-order valence-corrected chi connectivity index (χ2v) is 4.37. The third kappa shape index (κ3) is 1.57. The summed E-state index contributed by atoms with van der Waals surface area (Å²) in [5, 5.41) is 3.27. The van der Waals surface area contributed by atoms with E-state index in [9.17, 15) is 4.79 Å². The van der Waals surface area contributed by atoms with Crippen LogP contribution in [0.2, 0.25) is 0 Å².